The number of likely N-dealkylation sites (tertiary alicyclic amines) is 1. The van der Waals surface area contributed by atoms with E-state index in [2.05, 4.69) is 16.8 Å². The molecule has 0 radical (unpaired) electrons. The topological polar surface area (TPSA) is 55.3 Å². The molecule has 18 heavy (non-hydrogen) atoms. The first-order valence-electron chi connectivity index (χ1n) is 5.97. The molecular weight excluding hydrogens is 273 g/mol. The van der Waals surface area contributed by atoms with Gasteiger partial charge in [-0.15, -0.1) is 24.8 Å². The number of aromatic nitrogens is 1. The number of nitrogens with zero attached hydrogens (tertiary/aromatic N) is 2. The normalized spacial score (nSPS) is 23.6. The van der Waals surface area contributed by atoms with Gasteiger partial charge in [0.1, 0.15) is 5.76 Å². The van der Waals surface area contributed by atoms with Gasteiger partial charge in [0.2, 0.25) is 5.89 Å². The van der Waals surface area contributed by atoms with Crippen molar-refractivity contribution in [3.8, 4) is 0 Å². The third-order valence-electron chi connectivity index (χ3n) is 3.54. The summed E-state index contributed by atoms with van der Waals surface area (Å²) in [5.41, 5.74) is 6.71. The summed E-state index contributed by atoms with van der Waals surface area (Å²) in [6, 6.07) is 0.584. The molecule has 0 amide bonds. The van der Waals surface area contributed by atoms with E-state index in [4.69, 9.17) is 10.2 Å². The smallest absolute Gasteiger partial charge is 0.208 e. The average molecular weight is 296 g/mol. The van der Waals surface area contributed by atoms with Crippen LogP contribution in [-0.4, -0.2) is 29.0 Å². The minimum Gasteiger partial charge on any atom is -0.444 e. The third-order valence-corrected chi connectivity index (χ3v) is 3.54. The van der Waals surface area contributed by atoms with E-state index in [0.717, 1.165) is 37.0 Å². The van der Waals surface area contributed by atoms with Gasteiger partial charge in [0.05, 0.1) is 12.2 Å². The predicted octanol–water partition coefficient (Wildman–Crippen LogP) is 2.30. The lowest BCUT2D eigenvalue weighted by Gasteiger charge is -2.18. The molecule has 2 atom stereocenters. The van der Waals surface area contributed by atoms with E-state index < -0.39 is 0 Å². The van der Waals surface area contributed by atoms with Gasteiger partial charge in [-0.3, -0.25) is 4.90 Å². The molecule has 0 aliphatic carbocycles. The van der Waals surface area contributed by atoms with Gasteiger partial charge in [-0.25, -0.2) is 4.98 Å². The molecule has 1 aromatic rings. The fraction of sp³-hybridized carbons (Fsp3) is 0.750. The second kappa shape index (κ2) is 7.34. The molecule has 4 nitrogen and oxygen atoms in total. The highest BCUT2D eigenvalue weighted by Crippen LogP contribution is 2.24. The molecule has 0 spiro atoms. The maximum Gasteiger partial charge on any atom is 0.208 e. The van der Waals surface area contributed by atoms with Crippen LogP contribution in [0.15, 0.2) is 4.42 Å². The molecule has 0 bridgehead atoms. The van der Waals surface area contributed by atoms with Gasteiger partial charge >= 0.3 is 0 Å². The van der Waals surface area contributed by atoms with Gasteiger partial charge in [-0.1, -0.05) is 0 Å². The molecule has 1 fully saturated rings. The first kappa shape index (κ1) is 17.7. The molecule has 2 N–H and O–H groups in total. The molecule has 106 valence electrons. The Kier molecular flexibility index (Phi) is 7.22. The predicted molar refractivity (Wildman–Crippen MR) is 77.5 cm³/mol. The summed E-state index contributed by atoms with van der Waals surface area (Å²) in [5, 5.41) is 0. The summed E-state index contributed by atoms with van der Waals surface area (Å²) in [6.45, 7) is 8.85. The molecular formula is C12H23Cl2N3O. The molecule has 0 aromatic carbocycles. The second-order valence-electron chi connectivity index (χ2n) is 4.87. The van der Waals surface area contributed by atoms with Crippen LogP contribution in [-0.2, 0) is 6.54 Å². The van der Waals surface area contributed by atoms with Crippen LogP contribution in [0, 0.1) is 19.8 Å². The highest BCUT2D eigenvalue weighted by atomic mass is 35.5. The Morgan fingerprint density at radius 1 is 1.39 bits per heavy atom. The van der Waals surface area contributed by atoms with Crippen molar-refractivity contribution in [3.05, 3.63) is 17.3 Å². The Hall–Kier alpha value is -0.290. The van der Waals surface area contributed by atoms with Gasteiger partial charge in [-0.2, -0.15) is 0 Å². The first-order valence-corrected chi connectivity index (χ1v) is 5.97. The maximum absolute atomic E-state index is 5.71. The van der Waals surface area contributed by atoms with Crippen LogP contribution in [0.4, 0.5) is 0 Å². The minimum absolute atomic E-state index is 0. The van der Waals surface area contributed by atoms with Crippen molar-refractivity contribution in [1.29, 1.82) is 0 Å². The van der Waals surface area contributed by atoms with Crippen molar-refractivity contribution in [2.75, 3.05) is 13.1 Å². The monoisotopic (exact) mass is 295 g/mol. The highest BCUT2D eigenvalue weighted by molar-refractivity contribution is 5.85. The summed E-state index contributed by atoms with van der Waals surface area (Å²) in [4.78, 5) is 6.82. The Labute approximate surface area is 121 Å². The SMILES string of the molecule is Cc1nc(CN2CC(CN)CC2C)oc1C.Cl.Cl. The molecule has 6 heteroatoms. The van der Waals surface area contributed by atoms with Crippen molar-refractivity contribution in [1.82, 2.24) is 9.88 Å². The zero-order valence-corrected chi connectivity index (χ0v) is 12.8. The lowest BCUT2D eigenvalue weighted by atomic mass is 10.1. The molecule has 0 saturated carbocycles. The zero-order valence-electron chi connectivity index (χ0n) is 11.2. The first-order chi connectivity index (χ1) is 7.60. The number of hydrogen-bond donors (Lipinski definition) is 1. The van der Waals surface area contributed by atoms with Gasteiger partial charge in [-0.05, 0) is 39.7 Å². The van der Waals surface area contributed by atoms with E-state index in [-0.39, 0.29) is 24.8 Å². The van der Waals surface area contributed by atoms with Crippen LogP contribution < -0.4 is 5.73 Å². The van der Waals surface area contributed by atoms with E-state index in [1.165, 1.54) is 6.42 Å². The van der Waals surface area contributed by atoms with Crippen LogP contribution in [0.5, 0.6) is 0 Å². The molecule has 1 aliphatic rings. The fourth-order valence-electron chi connectivity index (χ4n) is 2.39. The van der Waals surface area contributed by atoms with E-state index in [1.54, 1.807) is 0 Å². The van der Waals surface area contributed by atoms with E-state index >= 15 is 0 Å². The third kappa shape index (κ3) is 3.85. The van der Waals surface area contributed by atoms with Gasteiger partial charge < -0.3 is 10.2 Å². The van der Waals surface area contributed by atoms with Gasteiger partial charge in [0.15, 0.2) is 0 Å². The van der Waals surface area contributed by atoms with E-state index in [9.17, 15) is 0 Å². The van der Waals surface area contributed by atoms with Gasteiger partial charge in [0.25, 0.3) is 0 Å². The lowest BCUT2D eigenvalue weighted by molar-refractivity contribution is 0.228. The largest absolute Gasteiger partial charge is 0.444 e. The lowest BCUT2D eigenvalue weighted by Crippen LogP contribution is -2.27. The Bertz CT molecular complexity index is 351. The Morgan fingerprint density at radius 3 is 2.50 bits per heavy atom. The van der Waals surface area contributed by atoms with Crippen molar-refractivity contribution >= 4 is 24.8 Å². The Morgan fingerprint density at radius 2 is 2.06 bits per heavy atom. The zero-order chi connectivity index (χ0) is 11.7. The van der Waals surface area contributed by atoms with E-state index in [1.807, 2.05) is 13.8 Å². The number of aryl methyl sites for hydroxylation is 2. The van der Waals surface area contributed by atoms with Crippen molar-refractivity contribution in [2.24, 2.45) is 11.7 Å². The van der Waals surface area contributed by atoms with Gasteiger partial charge in [0, 0.05) is 12.6 Å². The molecule has 2 heterocycles. The van der Waals surface area contributed by atoms with Crippen molar-refractivity contribution in [3.63, 3.8) is 0 Å². The molecule has 1 aliphatic heterocycles. The fourth-order valence-corrected chi connectivity index (χ4v) is 2.39. The quantitative estimate of drug-likeness (QED) is 0.930. The number of rotatable bonds is 3. The number of halogens is 2. The summed E-state index contributed by atoms with van der Waals surface area (Å²) in [5.74, 6) is 2.39. The summed E-state index contributed by atoms with van der Waals surface area (Å²) >= 11 is 0. The van der Waals surface area contributed by atoms with Crippen LogP contribution >= 0.6 is 24.8 Å². The number of hydrogen-bond acceptors (Lipinski definition) is 4. The average Bonchev–Trinajstić information content (AvgIpc) is 2.73. The van der Waals surface area contributed by atoms with Crippen molar-refractivity contribution in [2.45, 2.75) is 39.8 Å². The number of nitrogens with two attached hydrogens (primary N) is 1. The molecule has 2 unspecified atom stereocenters. The highest BCUT2D eigenvalue weighted by Gasteiger charge is 2.28. The molecule has 1 saturated heterocycles. The van der Waals surface area contributed by atoms with Crippen molar-refractivity contribution < 1.29 is 4.42 Å². The molecule has 2 rings (SSSR count). The van der Waals surface area contributed by atoms with Crippen LogP contribution in [0.3, 0.4) is 0 Å². The van der Waals surface area contributed by atoms with Crippen LogP contribution in [0.1, 0.15) is 30.7 Å². The molecule has 1 aromatic heterocycles. The summed E-state index contributed by atoms with van der Waals surface area (Å²) in [6.07, 6.45) is 1.19. The van der Waals surface area contributed by atoms with E-state index in [0.29, 0.717) is 12.0 Å². The minimum atomic E-state index is 0. The standard InChI is InChI=1S/C12H21N3O.2ClH/c1-8-4-11(5-13)6-15(8)7-12-14-9(2)10(3)16-12;;/h8,11H,4-7,13H2,1-3H3;2*1H. The Balaban J connectivity index is 0.00000144. The maximum atomic E-state index is 5.71. The van der Waals surface area contributed by atoms with Crippen LogP contribution in [0.2, 0.25) is 0 Å². The van der Waals surface area contributed by atoms with Crippen LogP contribution in [0.25, 0.3) is 0 Å². The summed E-state index contributed by atoms with van der Waals surface area (Å²) < 4.78 is 5.61. The summed E-state index contributed by atoms with van der Waals surface area (Å²) in [7, 11) is 0. The number of oxazole rings is 1. The second-order valence-corrected chi connectivity index (χ2v) is 4.87.